The van der Waals surface area contributed by atoms with Crippen LogP contribution in [0.4, 0.5) is 14.5 Å². The number of hydrogen-bond donors (Lipinski definition) is 1. The highest BCUT2D eigenvalue weighted by Gasteiger charge is 2.12. The molecule has 0 atom stereocenters. The van der Waals surface area contributed by atoms with Crippen molar-refractivity contribution >= 4 is 23.4 Å². The summed E-state index contributed by atoms with van der Waals surface area (Å²) in [5, 5.41) is 2.87. The van der Waals surface area contributed by atoms with E-state index in [4.69, 9.17) is 0 Å². The van der Waals surface area contributed by atoms with Crippen LogP contribution in [0.3, 0.4) is 0 Å². The molecule has 3 nitrogen and oxygen atoms in total. The van der Waals surface area contributed by atoms with Gasteiger partial charge in [0.1, 0.15) is 11.6 Å². The van der Waals surface area contributed by atoms with Gasteiger partial charge in [0.2, 0.25) is 5.91 Å². The summed E-state index contributed by atoms with van der Waals surface area (Å²) in [6.07, 6.45) is 0.270. The number of nitrogens with zero attached hydrogens (tertiary/aromatic N) is 1. The van der Waals surface area contributed by atoms with Crippen LogP contribution in [0.1, 0.15) is 23.1 Å². The molecule has 2 aromatic carbocycles. The Bertz CT molecular complexity index is 807. The lowest BCUT2D eigenvalue weighted by Crippen LogP contribution is -2.31. The summed E-state index contributed by atoms with van der Waals surface area (Å²) in [5.41, 5.74) is 3.22. The lowest BCUT2D eigenvalue weighted by molar-refractivity contribution is -0.116. The van der Waals surface area contributed by atoms with Crippen LogP contribution in [-0.4, -0.2) is 35.4 Å². The molecule has 0 saturated carbocycles. The molecule has 0 aromatic heterocycles. The van der Waals surface area contributed by atoms with Gasteiger partial charge in [0.25, 0.3) is 0 Å². The summed E-state index contributed by atoms with van der Waals surface area (Å²) in [6, 6.07) is 9.37. The van der Waals surface area contributed by atoms with Crippen molar-refractivity contribution in [3.8, 4) is 0 Å². The Morgan fingerprint density at radius 1 is 1.15 bits per heavy atom. The molecule has 1 heterocycles. The molecular weight excluding hydrogens is 366 g/mol. The fraction of sp³-hybridized carbons (Fsp3) is 0.381. The molecule has 1 aliphatic heterocycles. The average Bonchev–Trinajstić information content (AvgIpc) is 2.65. The molecule has 144 valence electrons. The van der Waals surface area contributed by atoms with Crippen molar-refractivity contribution in [2.45, 2.75) is 26.3 Å². The molecule has 1 N–H and O–H groups in total. The third kappa shape index (κ3) is 5.78. The Kier molecular flexibility index (Phi) is 6.85. The molecule has 0 radical (unpaired) electrons. The maximum Gasteiger partial charge on any atom is 0.224 e. The molecule has 1 saturated heterocycles. The third-order valence-corrected chi connectivity index (χ3v) is 5.65. The van der Waals surface area contributed by atoms with Crippen molar-refractivity contribution in [1.82, 2.24) is 4.90 Å². The van der Waals surface area contributed by atoms with Crippen LogP contribution in [-0.2, 0) is 17.8 Å². The Hall–Kier alpha value is -1.92. The lowest BCUT2D eigenvalue weighted by atomic mass is 10.1. The third-order valence-electron chi connectivity index (χ3n) is 4.70. The van der Waals surface area contributed by atoms with Crippen molar-refractivity contribution in [2.24, 2.45) is 0 Å². The van der Waals surface area contributed by atoms with Gasteiger partial charge in [0.15, 0.2) is 0 Å². The molecule has 6 heteroatoms. The van der Waals surface area contributed by atoms with Crippen molar-refractivity contribution in [3.05, 3.63) is 64.7 Å². The summed E-state index contributed by atoms with van der Waals surface area (Å²) >= 11 is 1.99. The van der Waals surface area contributed by atoms with Crippen molar-refractivity contribution in [3.63, 3.8) is 0 Å². The minimum absolute atomic E-state index is 0.104. The lowest BCUT2D eigenvalue weighted by Gasteiger charge is -2.26. The van der Waals surface area contributed by atoms with Crippen LogP contribution in [0.15, 0.2) is 36.4 Å². The van der Waals surface area contributed by atoms with E-state index in [9.17, 15) is 13.6 Å². The normalized spacial score (nSPS) is 14.9. The number of nitrogens with one attached hydrogen (secondary N) is 1. The SMILES string of the molecule is Cc1cc(CN2CCSCC2)ccc1NC(=O)CCc1cc(F)ccc1F. The van der Waals surface area contributed by atoms with Gasteiger partial charge in [-0.05, 0) is 54.3 Å². The van der Waals surface area contributed by atoms with Gasteiger partial charge in [-0.2, -0.15) is 11.8 Å². The number of thioether (sulfide) groups is 1. The van der Waals surface area contributed by atoms with Crippen LogP contribution in [0, 0.1) is 18.6 Å². The van der Waals surface area contributed by atoms with Crippen LogP contribution in [0.5, 0.6) is 0 Å². The number of benzene rings is 2. The zero-order valence-corrected chi connectivity index (χ0v) is 16.2. The number of carbonyl (C=O) groups is 1. The second-order valence-corrected chi connectivity index (χ2v) is 8.05. The molecule has 1 amide bonds. The first-order valence-electron chi connectivity index (χ1n) is 9.14. The topological polar surface area (TPSA) is 32.3 Å². The number of aryl methyl sites for hydroxylation is 2. The molecule has 0 spiro atoms. The van der Waals surface area contributed by atoms with Gasteiger partial charge in [0.05, 0.1) is 0 Å². The molecule has 1 aliphatic rings. The second kappa shape index (κ2) is 9.33. The van der Waals surface area contributed by atoms with Gasteiger partial charge in [-0.1, -0.05) is 12.1 Å². The number of carbonyl (C=O) groups excluding carboxylic acids is 1. The molecular formula is C21H24F2N2OS. The fourth-order valence-electron chi connectivity index (χ4n) is 3.18. The summed E-state index contributed by atoms with van der Waals surface area (Å²) in [5.74, 6) is 1.17. The summed E-state index contributed by atoms with van der Waals surface area (Å²) < 4.78 is 26.8. The molecule has 0 aliphatic carbocycles. The van der Waals surface area contributed by atoms with E-state index in [1.54, 1.807) is 0 Å². The smallest absolute Gasteiger partial charge is 0.224 e. The van der Waals surface area contributed by atoms with Crippen LogP contribution >= 0.6 is 11.8 Å². The molecule has 27 heavy (non-hydrogen) atoms. The first-order valence-corrected chi connectivity index (χ1v) is 10.3. The highest BCUT2D eigenvalue weighted by Crippen LogP contribution is 2.20. The Morgan fingerprint density at radius 2 is 1.93 bits per heavy atom. The summed E-state index contributed by atoms with van der Waals surface area (Å²) in [6.45, 7) is 5.11. The molecule has 0 bridgehead atoms. The molecule has 1 fully saturated rings. The van der Waals surface area contributed by atoms with Crippen molar-refractivity contribution in [2.75, 3.05) is 29.9 Å². The number of amides is 1. The van der Waals surface area contributed by atoms with E-state index in [0.717, 1.165) is 49.1 Å². The monoisotopic (exact) mass is 390 g/mol. The van der Waals surface area contributed by atoms with Crippen molar-refractivity contribution < 1.29 is 13.6 Å². The minimum atomic E-state index is -0.495. The van der Waals surface area contributed by atoms with Gasteiger partial charge >= 0.3 is 0 Å². The van der Waals surface area contributed by atoms with E-state index < -0.39 is 11.6 Å². The van der Waals surface area contributed by atoms with E-state index >= 15 is 0 Å². The molecule has 3 rings (SSSR count). The van der Waals surface area contributed by atoms with E-state index in [1.165, 1.54) is 17.1 Å². The van der Waals surface area contributed by atoms with Gasteiger partial charge in [-0.3, -0.25) is 9.69 Å². The van der Waals surface area contributed by atoms with Crippen molar-refractivity contribution in [1.29, 1.82) is 0 Å². The Balaban J connectivity index is 1.55. The highest BCUT2D eigenvalue weighted by molar-refractivity contribution is 7.99. The van der Waals surface area contributed by atoms with E-state index in [0.29, 0.717) is 0 Å². The maximum atomic E-state index is 13.6. The fourth-order valence-corrected chi connectivity index (χ4v) is 4.16. The quantitative estimate of drug-likeness (QED) is 0.794. The zero-order valence-electron chi connectivity index (χ0n) is 15.4. The van der Waals surface area contributed by atoms with Crippen LogP contribution < -0.4 is 5.32 Å². The molecule has 0 unspecified atom stereocenters. The van der Waals surface area contributed by atoms with E-state index in [2.05, 4.69) is 16.3 Å². The predicted octanol–water partition coefficient (Wildman–Crippen LogP) is 4.39. The number of anilines is 1. The van der Waals surface area contributed by atoms with Crippen LogP contribution in [0.25, 0.3) is 0 Å². The van der Waals surface area contributed by atoms with Crippen LogP contribution in [0.2, 0.25) is 0 Å². The average molecular weight is 390 g/mol. The Labute approximate surface area is 163 Å². The first-order chi connectivity index (χ1) is 13.0. The number of rotatable bonds is 6. The van der Waals surface area contributed by atoms with Gasteiger partial charge < -0.3 is 5.32 Å². The first kappa shape index (κ1) is 19.8. The predicted molar refractivity (Wildman–Crippen MR) is 107 cm³/mol. The van der Waals surface area contributed by atoms with Gasteiger partial charge in [-0.25, -0.2) is 8.78 Å². The highest BCUT2D eigenvalue weighted by atomic mass is 32.2. The molecule has 2 aromatic rings. The zero-order chi connectivity index (χ0) is 19.2. The number of hydrogen-bond acceptors (Lipinski definition) is 3. The summed E-state index contributed by atoms with van der Waals surface area (Å²) in [7, 11) is 0. The maximum absolute atomic E-state index is 13.6. The van der Waals surface area contributed by atoms with Gasteiger partial charge in [0, 0.05) is 43.2 Å². The Morgan fingerprint density at radius 3 is 2.67 bits per heavy atom. The standard InChI is InChI=1S/C21H24F2N2OS/c1-15-12-16(14-25-8-10-27-11-9-25)2-6-20(15)24-21(26)7-3-17-13-18(22)4-5-19(17)23/h2,4-6,12-13H,3,7-11,14H2,1H3,(H,24,26). The van der Waals surface area contributed by atoms with Gasteiger partial charge in [-0.15, -0.1) is 0 Å². The number of halogens is 2. The van der Waals surface area contributed by atoms with E-state index in [1.807, 2.05) is 30.8 Å². The van der Waals surface area contributed by atoms with E-state index in [-0.39, 0.29) is 24.3 Å². The second-order valence-electron chi connectivity index (χ2n) is 6.82. The largest absolute Gasteiger partial charge is 0.326 e. The summed E-state index contributed by atoms with van der Waals surface area (Å²) in [4.78, 5) is 14.6. The minimum Gasteiger partial charge on any atom is -0.326 e.